The average Bonchev–Trinajstić information content (AvgIpc) is 3.01. The van der Waals surface area contributed by atoms with Gasteiger partial charge in [0.1, 0.15) is 18.3 Å². The van der Waals surface area contributed by atoms with Gasteiger partial charge in [0.25, 0.3) is 11.1 Å². The van der Waals surface area contributed by atoms with Gasteiger partial charge in [0.05, 0.1) is 30.3 Å². The third kappa shape index (κ3) is 10.7. The van der Waals surface area contributed by atoms with Gasteiger partial charge in [0.2, 0.25) is 0 Å². The van der Waals surface area contributed by atoms with Crippen LogP contribution in [0.25, 0.3) is 21.8 Å². The number of ether oxygens (including phenoxy) is 1. The number of rotatable bonds is 3. The van der Waals surface area contributed by atoms with Gasteiger partial charge in [-0.15, -0.1) is 11.6 Å². The molecule has 0 unspecified atom stereocenters. The van der Waals surface area contributed by atoms with Crippen LogP contribution in [-0.2, 0) is 52.7 Å². The number of hydrogen-bond donors (Lipinski definition) is 0. The van der Waals surface area contributed by atoms with Crippen LogP contribution in [0.4, 0.5) is 4.39 Å². The molecule has 4 aromatic rings. The third-order valence-corrected chi connectivity index (χ3v) is 8.33. The number of carbonyl (C=O) groups is 2. The molecule has 0 fully saturated rings. The summed E-state index contributed by atoms with van der Waals surface area (Å²) in [6.07, 6.45) is 3.77. The van der Waals surface area contributed by atoms with Crippen molar-refractivity contribution >= 4 is 45.3 Å². The quantitative estimate of drug-likeness (QED) is 0.180. The molecule has 0 saturated heterocycles. The van der Waals surface area contributed by atoms with E-state index in [2.05, 4.69) is 37.7 Å². The number of halogens is 2. The van der Waals surface area contributed by atoms with E-state index in [4.69, 9.17) is 27.6 Å². The molecule has 13 heteroatoms. The molecular formula is C35H43ClFN4NaO6. The van der Waals surface area contributed by atoms with Crippen molar-refractivity contribution in [2.75, 3.05) is 7.15 Å². The zero-order chi connectivity index (χ0) is 35.8. The fourth-order valence-electron chi connectivity index (χ4n) is 5.61. The fourth-order valence-corrected chi connectivity index (χ4v) is 5.77. The summed E-state index contributed by atoms with van der Waals surface area (Å²) in [7, 11) is -1.00. The van der Waals surface area contributed by atoms with Crippen LogP contribution in [0.5, 0.6) is 0 Å². The Morgan fingerprint density at radius 3 is 1.69 bits per heavy atom. The van der Waals surface area contributed by atoms with E-state index in [-0.39, 0.29) is 64.1 Å². The molecule has 10 nitrogen and oxygen atoms in total. The molecule has 2 aliphatic rings. The number of hydrogen-bond acceptors (Lipinski definition) is 8. The van der Waals surface area contributed by atoms with Gasteiger partial charge >= 0.3 is 35.5 Å². The Hall–Kier alpha value is -3.12. The van der Waals surface area contributed by atoms with Gasteiger partial charge in [-0.2, -0.15) is 0 Å². The summed E-state index contributed by atoms with van der Waals surface area (Å²) in [4.78, 5) is 54.3. The Morgan fingerprint density at radius 1 is 0.896 bits per heavy atom. The summed E-state index contributed by atoms with van der Waals surface area (Å²) in [5.74, 6) is 0.800. The third-order valence-electron chi connectivity index (χ3n) is 8.02. The number of benzene rings is 2. The van der Waals surface area contributed by atoms with Crippen LogP contribution in [0.15, 0.2) is 46.0 Å². The molecule has 2 aliphatic heterocycles. The van der Waals surface area contributed by atoms with Crippen molar-refractivity contribution in [2.45, 2.75) is 92.8 Å². The fraction of sp³-hybridized carbons (Fsp3) is 0.486. The SMILES string of the molecule is CC(=O)OCc1ccc2c(=O)n3c(nc2c1)CCC(C)(C)C3.CC(=O)[O-].CC1(C)CCc2nc3cc(CCl)ccc3c(=O)n2C1.[2H]CF.[Na+]. The van der Waals surface area contributed by atoms with E-state index in [1.165, 1.54) is 6.92 Å². The van der Waals surface area contributed by atoms with E-state index < -0.39 is 13.1 Å². The van der Waals surface area contributed by atoms with Crippen molar-refractivity contribution in [2.24, 2.45) is 10.8 Å². The van der Waals surface area contributed by atoms with E-state index in [1.807, 2.05) is 34.9 Å². The van der Waals surface area contributed by atoms with Crippen LogP contribution < -0.4 is 45.8 Å². The molecule has 6 rings (SSSR count). The minimum absolute atomic E-state index is 0. The van der Waals surface area contributed by atoms with Crippen LogP contribution in [0.2, 0.25) is 0 Å². The molecule has 0 atom stereocenters. The second-order valence-corrected chi connectivity index (χ2v) is 13.5. The van der Waals surface area contributed by atoms with Crippen LogP contribution in [0.3, 0.4) is 0 Å². The zero-order valence-corrected chi connectivity index (χ0v) is 31.6. The average molecular weight is 694 g/mol. The van der Waals surface area contributed by atoms with Gasteiger partial charge in [0, 0.05) is 44.7 Å². The first-order valence-electron chi connectivity index (χ1n) is 16.0. The Kier molecular flexibility index (Phi) is 14.3. The first kappa shape index (κ1) is 39.3. The maximum atomic E-state index is 12.7. The number of aryl methyl sites for hydroxylation is 2. The molecule has 4 heterocycles. The van der Waals surface area contributed by atoms with Gasteiger partial charge in [-0.25, -0.2) is 9.97 Å². The molecule has 0 amide bonds. The summed E-state index contributed by atoms with van der Waals surface area (Å²) in [5, 5.41) is 10.2. The van der Waals surface area contributed by atoms with Gasteiger partial charge in [-0.1, -0.05) is 39.8 Å². The maximum absolute atomic E-state index is 12.7. The molecule has 0 bridgehead atoms. The van der Waals surface area contributed by atoms with Crippen LogP contribution in [0.1, 0.15) is 78.5 Å². The summed E-state index contributed by atoms with van der Waals surface area (Å²) < 4.78 is 24.1. The molecule has 0 N–H and O–H groups in total. The van der Waals surface area contributed by atoms with E-state index in [0.29, 0.717) is 28.7 Å². The van der Waals surface area contributed by atoms with Crippen molar-refractivity contribution in [1.82, 2.24) is 19.1 Å². The Bertz CT molecular complexity index is 1910. The van der Waals surface area contributed by atoms with Gasteiger partial charge in [0.15, 0.2) is 0 Å². The van der Waals surface area contributed by atoms with Gasteiger partial charge in [-0.05, 0) is 66.0 Å². The number of fused-ring (bicyclic) bond motifs is 4. The van der Waals surface area contributed by atoms with Crippen LogP contribution in [0, 0.1) is 10.8 Å². The molecular weight excluding hydrogens is 650 g/mol. The molecule has 0 radical (unpaired) electrons. The van der Waals surface area contributed by atoms with Crippen molar-refractivity contribution in [1.29, 1.82) is 0 Å². The molecule has 2 aromatic carbocycles. The number of esters is 1. The number of alkyl halides is 2. The summed E-state index contributed by atoms with van der Waals surface area (Å²) in [5.41, 5.74) is 3.69. The molecule has 0 aliphatic carbocycles. The van der Waals surface area contributed by atoms with Gasteiger partial charge in [-0.3, -0.25) is 27.9 Å². The molecule has 254 valence electrons. The van der Waals surface area contributed by atoms with E-state index >= 15 is 0 Å². The van der Waals surface area contributed by atoms with E-state index in [0.717, 1.165) is 67.4 Å². The predicted molar refractivity (Wildman–Crippen MR) is 179 cm³/mol. The first-order chi connectivity index (χ1) is 22.5. The van der Waals surface area contributed by atoms with E-state index in [1.54, 1.807) is 10.6 Å². The van der Waals surface area contributed by atoms with Crippen molar-refractivity contribution < 1.29 is 54.8 Å². The Morgan fingerprint density at radius 2 is 1.29 bits per heavy atom. The van der Waals surface area contributed by atoms with Crippen molar-refractivity contribution in [3.8, 4) is 0 Å². The second-order valence-electron chi connectivity index (χ2n) is 13.3. The topological polar surface area (TPSA) is 136 Å². The smallest absolute Gasteiger partial charge is 0.550 e. The molecule has 0 spiro atoms. The summed E-state index contributed by atoms with van der Waals surface area (Å²) in [6, 6.07) is 11.1. The minimum atomic E-state index is -1.08. The molecule has 2 aromatic heterocycles. The minimum Gasteiger partial charge on any atom is -0.550 e. The van der Waals surface area contributed by atoms with E-state index in [9.17, 15) is 18.8 Å². The first-order valence-corrected chi connectivity index (χ1v) is 15.8. The maximum Gasteiger partial charge on any atom is 1.00 e. The van der Waals surface area contributed by atoms with Gasteiger partial charge < -0.3 is 14.6 Å². The van der Waals surface area contributed by atoms with Crippen molar-refractivity contribution in [3.63, 3.8) is 0 Å². The number of carboxylic acids is 1. The zero-order valence-electron chi connectivity index (χ0n) is 29.8. The number of nitrogens with zero attached hydrogens (tertiary/aromatic N) is 4. The van der Waals surface area contributed by atoms with Crippen LogP contribution >= 0.6 is 11.6 Å². The molecule has 48 heavy (non-hydrogen) atoms. The number of carbonyl (C=O) groups excluding carboxylic acids is 2. The number of aromatic nitrogens is 4. The second kappa shape index (κ2) is 17.5. The van der Waals surface area contributed by atoms with Crippen molar-refractivity contribution in [3.05, 3.63) is 79.9 Å². The molecule has 0 saturated carbocycles. The summed E-state index contributed by atoms with van der Waals surface area (Å²) >= 11 is 5.84. The number of carboxylic acid groups (broad SMARTS) is 1. The monoisotopic (exact) mass is 693 g/mol. The Labute approximate surface area is 308 Å². The number of aliphatic carboxylic acids is 1. The largest absolute Gasteiger partial charge is 1.00 e. The standard InChI is InChI=1S/C17H20N2O3.C15H17ClN2O.C2H4O2.CH3F.Na/c1-11(20)22-9-12-4-5-13-14(8-12)18-15-6-7-17(2,3)10-19(15)16(13)21;1-15(2)6-5-13-17-12-7-10(8-16)3-4-11(12)14(19)18(13)9-15;1-2(3)4;1-2;/h4-5,8H,6-7,9-10H2,1-3H3;3-4,7H,5-6,8-9H2,1-2H3;1H3,(H,3,4);1H3;/q;;;;+1/p-1/i;;;1D;. The van der Waals surface area contributed by atoms with Crippen LogP contribution in [-0.4, -0.2) is 38.2 Å². The Balaban J connectivity index is 0.000000283. The predicted octanol–water partition coefficient (Wildman–Crippen LogP) is 1.89. The normalized spacial score (nSPS) is 15.3. The summed E-state index contributed by atoms with van der Waals surface area (Å²) in [6.45, 7) is 12.8.